The fraction of sp³-hybridized carbons (Fsp3) is 0.667. The van der Waals surface area contributed by atoms with Gasteiger partial charge >= 0.3 is 0 Å². The monoisotopic (exact) mass is 291 g/mol. The average molecular weight is 291 g/mol. The van der Waals surface area contributed by atoms with Crippen molar-refractivity contribution in [3.8, 4) is 0 Å². The molecule has 0 bridgehead atoms. The van der Waals surface area contributed by atoms with Crippen LogP contribution in [0.15, 0.2) is 18.2 Å². The van der Waals surface area contributed by atoms with E-state index in [-0.39, 0.29) is 5.60 Å². The smallest absolute Gasteiger partial charge is 0.0877 e. The molecule has 0 amide bonds. The largest absolute Gasteiger partial charge is 0.381 e. The Morgan fingerprint density at radius 2 is 1.81 bits per heavy atom. The van der Waals surface area contributed by atoms with Gasteiger partial charge in [0, 0.05) is 39.2 Å². The van der Waals surface area contributed by atoms with Gasteiger partial charge in [0.1, 0.15) is 0 Å². The summed E-state index contributed by atoms with van der Waals surface area (Å²) in [6.45, 7) is 9.04. The van der Waals surface area contributed by atoms with Crippen molar-refractivity contribution in [2.45, 2.75) is 51.7 Å². The highest BCUT2D eigenvalue weighted by Gasteiger charge is 2.40. The molecule has 3 nitrogen and oxygen atoms in total. The van der Waals surface area contributed by atoms with Crippen molar-refractivity contribution in [1.82, 2.24) is 5.32 Å². The molecule has 3 heteroatoms. The zero-order valence-corrected chi connectivity index (χ0v) is 13.9. The third kappa shape index (κ3) is 4.06. The zero-order valence-electron chi connectivity index (χ0n) is 13.9. The minimum absolute atomic E-state index is 0.105. The zero-order chi connectivity index (χ0) is 15.3. The molecule has 0 aliphatic carbocycles. The fourth-order valence-corrected chi connectivity index (χ4v) is 3.52. The molecular weight excluding hydrogens is 262 g/mol. The maximum Gasteiger partial charge on any atom is 0.0877 e. The summed E-state index contributed by atoms with van der Waals surface area (Å²) in [6, 6.07) is 7.14. The highest BCUT2D eigenvalue weighted by molar-refractivity contribution is 5.29. The molecule has 1 unspecified atom stereocenters. The van der Waals surface area contributed by atoms with Crippen molar-refractivity contribution in [3.63, 3.8) is 0 Å². The molecule has 0 spiro atoms. The van der Waals surface area contributed by atoms with E-state index in [1.54, 1.807) is 0 Å². The summed E-state index contributed by atoms with van der Waals surface area (Å²) in [7, 11) is 1.84. The van der Waals surface area contributed by atoms with E-state index in [4.69, 9.17) is 9.47 Å². The lowest BCUT2D eigenvalue weighted by Crippen LogP contribution is -2.56. The number of hydrogen-bond acceptors (Lipinski definition) is 3. The van der Waals surface area contributed by atoms with Gasteiger partial charge < -0.3 is 14.8 Å². The van der Waals surface area contributed by atoms with Gasteiger partial charge in [-0.2, -0.15) is 0 Å². The van der Waals surface area contributed by atoms with E-state index in [1.807, 2.05) is 7.11 Å². The number of rotatable bonds is 6. The quantitative estimate of drug-likeness (QED) is 0.874. The molecule has 1 aromatic carbocycles. The van der Waals surface area contributed by atoms with Crippen LogP contribution in [0.2, 0.25) is 0 Å². The topological polar surface area (TPSA) is 30.5 Å². The van der Waals surface area contributed by atoms with E-state index < -0.39 is 0 Å². The molecule has 1 saturated heterocycles. The molecule has 21 heavy (non-hydrogen) atoms. The Morgan fingerprint density at radius 1 is 1.19 bits per heavy atom. The predicted octanol–water partition coefficient (Wildman–Crippen LogP) is 3.02. The lowest BCUT2D eigenvalue weighted by Gasteiger charge is -2.43. The first-order chi connectivity index (χ1) is 10.1. The Morgan fingerprint density at radius 3 is 2.33 bits per heavy atom. The lowest BCUT2D eigenvalue weighted by atomic mass is 9.82. The predicted molar refractivity (Wildman–Crippen MR) is 86.9 cm³/mol. The van der Waals surface area contributed by atoms with Crippen molar-refractivity contribution in [2.24, 2.45) is 0 Å². The highest BCUT2D eigenvalue weighted by atomic mass is 16.5. The summed E-state index contributed by atoms with van der Waals surface area (Å²) in [4.78, 5) is 0. The molecular formula is C18H29NO2. The molecule has 2 rings (SSSR count). The van der Waals surface area contributed by atoms with Crippen LogP contribution in [0.25, 0.3) is 0 Å². The number of ether oxygens (including phenoxy) is 2. The summed E-state index contributed by atoms with van der Waals surface area (Å²) < 4.78 is 11.5. The molecule has 1 aromatic rings. The Bertz CT molecular complexity index is 432. The molecule has 0 radical (unpaired) electrons. The van der Waals surface area contributed by atoms with Crippen LogP contribution in [0, 0.1) is 13.8 Å². The van der Waals surface area contributed by atoms with Crippen LogP contribution in [-0.2, 0) is 15.9 Å². The van der Waals surface area contributed by atoms with Crippen molar-refractivity contribution in [1.29, 1.82) is 0 Å². The molecule has 0 aromatic heterocycles. The van der Waals surface area contributed by atoms with Crippen LogP contribution >= 0.6 is 0 Å². The first-order valence-electron chi connectivity index (χ1n) is 8.03. The molecule has 118 valence electrons. The SMILES string of the molecule is CCNC(Cc1cc(C)cc(C)c1)C1(OC)CCOCC1. The van der Waals surface area contributed by atoms with Gasteiger partial charge in [-0.25, -0.2) is 0 Å². The van der Waals surface area contributed by atoms with E-state index >= 15 is 0 Å². The van der Waals surface area contributed by atoms with E-state index in [0.717, 1.165) is 39.0 Å². The Balaban J connectivity index is 2.21. The highest BCUT2D eigenvalue weighted by Crippen LogP contribution is 2.30. The molecule has 1 aliphatic rings. The summed E-state index contributed by atoms with van der Waals surface area (Å²) in [5.74, 6) is 0. The van der Waals surface area contributed by atoms with Gasteiger partial charge in [0.25, 0.3) is 0 Å². The minimum Gasteiger partial charge on any atom is -0.381 e. The Labute approximate surface area is 129 Å². The number of hydrogen-bond donors (Lipinski definition) is 1. The van der Waals surface area contributed by atoms with Gasteiger partial charge in [-0.05, 0) is 32.4 Å². The molecule has 1 aliphatic heterocycles. The van der Waals surface area contributed by atoms with Crippen LogP contribution < -0.4 is 5.32 Å². The molecule has 1 N–H and O–H groups in total. The van der Waals surface area contributed by atoms with Crippen LogP contribution in [0.4, 0.5) is 0 Å². The van der Waals surface area contributed by atoms with Gasteiger partial charge in [0.15, 0.2) is 0 Å². The van der Waals surface area contributed by atoms with Gasteiger partial charge in [-0.3, -0.25) is 0 Å². The first kappa shape index (κ1) is 16.5. The summed E-state index contributed by atoms with van der Waals surface area (Å²) >= 11 is 0. The summed E-state index contributed by atoms with van der Waals surface area (Å²) in [5, 5.41) is 3.65. The van der Waals surface area contributed by atoms with Gasteiger partial charge in [-0.15, -0.1) is 0 Å². The second-order valence-electron chi connectivity index (χ2n) is 6.19. The standard InChI is InChI=1S/C18H29NO2/c1-5-19-17(18(20-4)6-8-21-9-7-18)13-16-11-14(2)10-15(3)12-16/h10-12,17,19H,5-9,13H2,1-4H3. The number of likely N-dealkylation sites (N-methyl/N-ethyl adjacent to an activating group) is 1. The van der Waals surface area contributed by atoms with Crippen molar-refractivity contribution in [3.05, 3.63) is 34.9 Å². The van der Waals surface area contributed by atoms with E-state index in [9.17, 15) is 0 Å². The first-order valence-corrected chi connectivity index (χ1v) is 8.03. The Kier molecular flexibility index (Phi) is 5.80. The molecule has 1 fully saturated rings. The van der Waals surface area contributed by atoms with Crippen LogP contribution in [0.5, 0.6) is 0 Å². The average Bonchev–Trinajstić information content (AvgIpc) is 2.46. The molecule has 0 saturated carbocycles. The summed E-state index contributed by atoms with van der Waals surface area (Å²) in [5.41, 5.74) is 3.95. The van der Waals surface area contributed by atoms with Crippen LogP contribution in [-0.4, -0.2) is 38.5 Å². The van der Waals surface area contributed by atoms with Crippen LogP contribution in [0.1, 0.15) is 36.5 Å². The van der Waals surface area contributed by atoms with E-state index in [2.05, 4.69) is 44.3 Å². The number of nitrogens with one attached hydrogen (secondary N) is 1. The van der Waals surface area contributed by atoms with E-state index in [0.29, 0.717) is 6.04 Å². The van der Waals surface area contributed by atoms with Gasteiger partial charge in [0.05, 0.1) is 5.60 Å². The van der Waals surface area contributed by atoms with Gasteiger partial charge in [-0.1, -0.05) is 36.2 Å². The Hall–Kier alpha value is -0.900. The maximum absolute atomic E-state index is 5.98. The van der Waals surface area contributed by atoms with Gasteiger partial charge in [0.2, 0.25) is 0 Å². The van der Waals surface area contributed by atoms with E-state index in [1.165, 1.54) is 16.7 Å². The normalized spacial score (nSPS) is 19.4. The lowest BCUT2D eigenvalue weighted by molar-refractivity contribution is -0.110. The number of aryl methyl sites for hydroxylation is 2. The van der Waals surface area contributed by atoms with Crippen molar-refractivity contribution in [2.75, 3.05) is 26.9 Å². The number of methoxy groups -OCH3 is 1. The van der Waals surface area contributed by atoms with Crippen molar-refractivity contribution < 1.29 is 9.47 Å². The molecule has 1 heterocycles. The minimum atomic E-state index is -0.105. The maximum atomic E-state index is 5.98. The fourth-order valence-electron chi connectivity index (χ4n) is 3.52. The second-order valence-corrected chi connectivity index (χ2v) is 6.19. The third-order valence-electron chi connectivity index (χ3n) is 4.55. The second kappa shape index (κ2) is 7.39. The third-order valence-corrected chi connectivity index (χ3v) is 4.55. The summed E-state index contributed by atoms with van der Waals surface area (Å²) in [6.07, 6.45) is 2.93. The number of benzene rings is 1. The van der Waals surface area contributed by atoms with Crippen molar-refractivity contribution >= 4 is 0 Å². The molecule has 1 atom stereocenters. The van der Waals surface area contributed by atoms with Crippen LogP contribution in [0.3, 0.4) is 0 Å².